The summed E-state index contributed by atoms with van der Waals surface area (Å²) in [7, 11) is 1.60. The molecule has 5 nitrogen and oxygen atoms in total. The summed E-state index contributed by atoms with van der Waals surface area (Å²) in [5.41, 5.74) is 1.09. The van der Waals surface area contributed by atoms with Crippen molar-refractivity contribution in [2.45, 2.75) is 19.4 Å². The largest absolute Gasteiger partial charge is 0.493 e. The Bertz CT molecular complexity index is 776. The molecule has 0 radical (unpaired) electrons. The number of hydrogen-bond acceptors (Lipinski definition) is 4. The number of para-hydroxylation sites is 2. The maximum atomic E-state index is 13.0. The summed E-state index contributed by atoms with van der Waals surface area (Å²) in [5.74, 6) is 1.25. The van der Waals surface area contributed by atoms with E-state index in [1.165, 1.54) is 0 Å². The third-order valence-electron chi connectivity index (χ3n) is 4.75. The Labute approximate surface area is 165 Å². The molecule has 0 aliphatic carbocycles. The van der Waals surface area contributed by atoms with Crippen molar-refractivity contribution in [3.63, 3.8) is 0 Å². The van der Waals surface area contributed by atoms with Gasteiger partial charge in [-0.15, -0.1) is 0 Å². The third kappa shape index (κ3) is 4.66. The summed E-state index contributed by atoms with van der Waals surface area (Å²) in [6, 6.07) is 15.2. The molecule has 1 amide bonds. The quantitative estimate of drug-likeness (QED) is 0.753. The average molecular weight is 389 g/mol. The van der Waals surface area contributed by atoms with Gasteiger partial charge in [0, 0.05) is 36.9 Å². The van der Waals surface area contributed by atoms with E-state index in [-0.39, 0.29) is 5.91 Å². The van der Waals surface area contributed by atoms with Crippen LogP contribution in [0.3, 0.4) is 0 Å². The molecule has 1 heterocycles. The second-order valence-corrected chi connectivity index (χ2v) is 6.89. The Kier molecular flexibility index (Phi) is 6.45. The number of hydrogen-bond donors (Lipinski definition) is 0. The van der Waals surface area contributed by atoms with Gasteiger partial charge >= 0.3 is 0 Å². The first kappa shape index (κ1) is 19.4. The molecular weight excluding hydrogens is 364 g/mol. The van der Waals surface area contributed by atoms with Crippen LogP contribution in [0.15, 0.2) is 48.5 Å². The summed E-state index contributed by atoms with van der Waals surface area (Å²) in [4.78, 5) is 17.1. The highest BCUT2D eigenvalue weighted by Gasteiger charge is 2.28. The molecule has 0 N–H and O–H groups in total. The summed E-state index contributed by atoms with van der Waals surface area (Å²) in [6.07, 6.45) is 0.0878. The smallest absolute Gasteiger partial charge is 0.263 e. The standard InChI is InChI=1S/C21H25ClN2O3/c1-3-18(27-20-10-5-4-9-19(20)26-2)21(25)24-13-11-23(12-14-24)17-8-6-7-16(22)15-17/h4-10,15,18H,3,11-14H2,1-2H3/t18-/m0/s1. The fourth-order valence-corrected chi connectivity index (χ4v) is 3.42. The predicted octanol–water partition coefficient (Wildman–Crippen LogP) is 3.85. The number of nitrogens with zero attached hydrogens (tertiary/aromatic N) is 2. The molecule has 0 unspecified atom stereocenters. The lowest BCUT2D eigenvalue weighted by Gasteiger charge is -2.37. The molecule has 1 atom stereocenters. The molecule has 1 aliphatic rings. The summed E-state index contributed by atoms with van der Waals surface area (Å²) >= 11 is 6.09. The van der Waals surface area contributed by atoms with Gasteiger partial charge in [0.25, 0.3) is 5.91 Å². The first-order valence-corrected chi connectivity index (χ1v) is 9.59. The minimum atomic E-state index is -0.515. The van der Waals surface area contributed by atoms with Gasteiger partial charge in [0.2, 0.25) is 0 Å². The van der Waals surface area contributed by atoms with Crippen LogP contribution in [0.4, 0.5) is 5.69 Å². The van der Waals surface area contributed by atoms with Gasteiger partial charge in [-0.2, -0.15) is 0 Å². The van der Waals surface area contributed by atoms with E-state index in [0.717, 1.165) is 23.8 Å². The van der Waals surface area contributed by atoms with Crippen molar-refractivity contribution in [1.29, 1.82) is 0 Å². The summed E-state index contributed by atoms with van der Waals surface area (Å²) < 4.78 is 11.3. The van der Waals surface area contributed by atoms with E-state index in [2.05, 4.69) is 4.90 Å². The number of halogens is 1. The maximum Gasteiger partial charge on any atom is 0.263 e. The van der Waals surface area contributed by atoms with Gasteiger partial charge in [0.15, 0.2) is 17.6 Å². The Balaban J connectivity index is 1.61. The predicted molar refractivity (Wildman–Crippen MR) is 108 cm³/mol. The number of benzene rings is 2. The van der Waals surface area contributed by atoms with Crippen molar-refractivity contribution >= 4 is 23.2 Å². The monoisotopic (exact) mass is 388 g/mol. The zero-order valence-corrected chi connectivity index (χ0v) is 16.5. The van der Waals surface area contributed by atoms with E-state index in [0.29, 0.717) is 31.0 Å². The van der Waals surface area contributed by atoms with Crippen LogP contribution >= 0.6 is 11.6 Å². The molecule has 3 rings (SSSR count). The Hall–Kier alpha value is -2.40. The molecule has 2 aromatic rings. The van der Waals surface area contributed by atoms with Crippen molar-refractivity contribution in [2.75, 3.05) is 38.2 Å². The highest BCUT2D eigenvalue weighted by Crippen LogP contribution is 2.28. The molecule has 0 aromatic heterocycles. The van der Waals surface area contributed by atoms with Crippen LogP contribution in [-0.2, 0) is 4.79 Å². The highest BCUT2D eigenvalue weighted by molar-refractivity contribution is 6.30. The number of rotatable bonds is 6. The van der Waals surface area contributed by atoms with Crippen LogP contribution < -0.4 is 14.4 Å². The van der Waals surface area contributed by atoms with Crippen LogP contribution in [0.25, 0.3) is 0 Å². The molecule has 0 saturated carbocycles. The van der Waals surface area contributed by atoms with Crippen LogP contribution in [-0.4, -0.2) is 50.2 Å². The van der Waals surface area contributed by atoms with E-state index >= 15 is 0 Å². The first-order valence-electron chi connectivity index (χ1n) is 9.21. The lowest BCUT2D eigenvalue weighted by Crippen LogP contribution is -2.52. The van der Waals surface area contributed by atoms with E-state index in [1.54, 1.807) is 7.11 Å². The van der Waals surface area contributed by atoms with Gasteiger partial charge in [0.05, 0.1) is 7.11 Å². The zero-order chi connectivity index (χ0) is 19.2. The summed E-state index contributed by atoms with van der Waals surface area (Å²) in [5, 5.41) is 0.724. The van der Waals surface area contributed by atoms with E-state index in [1.807, 2.05) is 60.4 Å². The number of carbonyl (C=O) groups excluding carboxylic acids is 1. The minimum absolute atomic E-state index is 0.0224. The van der Waals surface area contributed by atoms with Gasteiger partial charge in [-0.25, -0.2) is 0 Å². The molecule has 6 heteroatoms. The second-order valence-electron chi connectivity index (χ2n) is 6.46. The minimum Gasteiger partial charge on any atom is -0.493 e. The molecule has 2 aromatic carbocycles. The van der Waals surface area contributed by atoms with E-state index in [9.17, 15) is 4.79 Å². The second kappa shape index (κ2) is 9.00. The van der Waals surface area contributed by atoms with Crippen molar-refractivity contribution < 1.29 is 14.3 Å². The number of carbonyl (C=O) groups is 1. The Morgan fingerprint density at radius 2 is 1.78 bits per heavy atom. The first-order chi connectivity index (χ1) is 13.1. The highest BCUT2D eigenvalue weighted by atomic mass is 35.5. The van der Waals surface area contributed by atoms with Gasteiger partial charge in [-0.05, 0) is 36.8 Å². The molecule has 144 valence electrons. The SMILES string of the molecule is CC[C@H](Oc1ccccc1OC)C(=O)N1CCN(c2cccc(Cl)c2)CC1. The van der Waals surface area contributed by atoms with Crippen molar-refractivity contribution in [3.8, 4) is 11.5 Å². The Morgan fingerprint density at radius 1 is 1.07 bits per heavy atom. The topological polar surface area (TPSA) is 42.0 Å². The molecule has 0 spiro atoms. The molecule has 27 heavy (non-hydrogen) atoms. The summed E-state index contributed by atoms with van der Waals surface area (Å²) in [6.45, 7) is 4.84. The van der Waals surface area contributed by atoms with Gasteiger partial charge < -0.3 is 19.3 Å². The van der Waals surface area contributed by atoms with Gasteiger partial charge in [-0.3, -0.25) is 4.79 Å². The molecule has 1 fully saturated rings. The van der Waals surface area contributed by atoms with Crippen LogP contribution in [0.1, 0.15) is 13.3 Å². The number of amides is 1. The third-order valence-corrected chi connectivity index (χ3v) is 4.98. The molecular formula is C21H25ClN2O3. The number of anilines is 1. The fraction of sp³-hybridized carbons (Fsp3) is 0.381. The normalized spacial score (nSPS) is 15.4. The van der Waals surface area contributed by atoms with Crippen molar-refractivity contribution in [3.05, 3.63) is 53.6 Å². The van der Waals surface area contributed by atoms with Gasteiger partial charge in [-0.1, -0.05) is 36.7 Å². The lowest BCUT2D eigenvalue weighted by molar-refractivity contribution is -0.139. The van der Waals surface area contributed by atoms with Crippen molar-refractivity contribution in [2.24, 2.45) is 0 Å². The molecule has 0 bridgehead atoms. The van der Waals surface area contributed by atoms with Crippen molar-refractivity contribution in [1.82, 2.24) is 4.90 Å². The molecule has 1 saturated heterocycles. The average Bonchev–Trinajstić information content (AvgIpc) is 2.72. The number of piperazine rings is 1. The number of methoxy groups -OCH3 is 1. The van der Waals surface area contributed by atoms with Crippen LogP contribution in [0, 0.1) is 0 Å². The van der Waals surface area contributed by atoms with Crippen LogP contribution in [0.2, 0.25) is 5.02 Å². The van der Waals surface area contributed by atoms with E-state index in [4.69, 9.17) is 21.1 Å². The Morgan fingerprint density at radius 3 is 2.41 bits per heavy atom. The van der Waals surface area contributed by atoms with E-state index < -0.39 is 6.10 Å². The maximum absolute atomic E-state index is 13.0. The zero-order valence-electron chi connectivity index (χ0n) is 15.7. The molecule has 1 aliphatic heterocycles. The number of ether oxygens (including phenoxy) is 2. The fourth-order valence-electron chi connectivity index (χ4n) is 3.24. The lowest BCUT2D eigenvalue weighted by atomic mass is 10.2. The van der Waals surface area contributed by atoms with Crippen LogP contribution in [0.5, 0.6) is 11.5 Å². The van der Waals surface area contributed by atoms with Gasteiger partial charge in [0.1, 0.15) is 0 Å².